The number of hydrogen-bond acceptors (Lipinski definition) is 6. The number of fused-ring (bicyclic) bond motifs is 1. The van der Waals surface area contributed by atoms with Gasteiger partial charge in [0.2, 0.25) is 11.7 Å². The maximum atomic E-state index is 9.07. The van der Waals surface area contributed by atoms with Crippen molar-refractivity contribution in [2.75, 3.05) is 0 Å². The fourth-order valence-electron chi connectivity index (χ4n) is 2.46. The summed E-state index contributed by atoms with van der Waals surface area (Å²) in [5, 5.41) is 10.3. The molecule has 0 N–H and O–H groups in total. The van der Waals surface area contributed by atoms with E-state index in [9.17, 15) is 0 Å². The molecule has 0 atom stereocenters. The number of nitrogens with zero attached hydrogens (tertiary/aromatic N) is 6. The molecule has 8 heteroatoms. The van der Waals surface area contributed by atoms with Gasteiger partial charge in [-0.1, -0.05) is 32.4 Å². The Morgan fingerprint density at radius 1 is 1.24 bits per heavy atom. The smallest absolute Gasteiger partial charge is 0.234 e. The normalized spacial score (nSPS) is 11.5. The monoisotopic (exact) mass is 356 g/mol. The maximum absolute atomic E-state index is 9.07. The summed E-state index contributed by atoms with van der Waals surface area (Å²) in [4.78, 5) is 16.3. The fraction of sp³-hybridized carbons (Fsp3) is 0.353. The predicted molar refractivity (Wildman–Crippen MR) is 93.1 cm³/mol. The topological polar surface area (TPSA) is 89.5 Å². The van der Waals surface area contributed by atoms with E-state index in [0.29, 0.717) is 17.6 Å². The highest BCUT2D eigenvalue weighted by atomic mass is 35.5. The van der Waals surface area contributed by atoms with E-state index in [2.05, 4.69) is 45.3 Å². The molecule has 0 spiro atoms. The summed E-state index contributed by atoms with van der Waals surface area (Å²) >= 11 is 5.86. The Kier molecular flexibility index (Phi) is 4.55. The summed E-state index contributed by atoms with van der Waals surface area (Å²) in [6, 6.07) is 5.51. The maximum Gasteiger partial charge on any atom is 0.234 e. The Bertz CT molecular complexity index is 954. The van der Waals surface area contributed by atoms with Crippen LogP contribution in [0, 0.1) is 16.7 Å². The summed E-state index contributed by atoms with van der Waals surface area (Å²) in [7, 11) is 0. The molecule has 3 heterocycles. The van der Waals surface area contributed by atoms with E-state index in [-0.39, 0.29) is 11.2 Å². The summed E-state index contributed by atoms with van der Waals surface area (Å²) in [5.41, 5.74) is 1.67. The van der Waals surface area contributed by atoms with Crippen molar-refractivity contribution in [2.45, 2.75) is 33.9 Å². The average Bonchev–Trinajstić information content (AvgIpc) is 2.88. The van der Waals surface area contributed by atoms with E-state index >= 15 is 0 Å². The highest BCUT2D eigenvalue weighted by Gasteiger charge is 2.18. The van der Waals surface area contributed by atoms with Gasteiger partial charge < -0.3 is 9.30 Å². The molecule has 0 aliphatic heterocycles. The standard InChI is InChI=1S/C17H17ClN6O/c1-17(2,3)9-24-12(8-25-15-5-13(18)21-10-22-15)4-11-7-20-14(6-19)23-16(11)24/h4-5,7,10H,8-9H2,1-3H3. The molecule has 0 aromatic carbocycles. The first kappa shape index (κ1) is 17.1. The van der Waals surface area contributed by atoms with Crippen LogP contribution < -0.4 is 4.74 Å². The number of ether oxygens (including phenoxy) is 1. The lowest BCUT2D eigenvalue weighted by molar-refractivity contribution is 0.271. The minimum Gasteiger partial charge on any atom is -0.471 e. The second kappa shape index (κ2) is 6.65. The van der Waals surface area contributed by atoms with E-state index in [1.54, 1.807) is 12.3 Å². The van der Waals surface area contributed by atoms with Crippen molar-refractivity contribution >= 4 is 22.6 Å². The molecule has 128 valence electrons. The van der Waals surface area contributed by atoms with Crippen LogP contribution in [0.25, 0.3) is 11.0 Å². The molecule has 0 radical (unpaired) electrons. The van der Waals surface area contributed by atoms with Crippen molar-refractivity contribution in [3.8, 4) is 11.9 Å². The van der Waals surface area contributed by atoms with Gasteiger partial charge in [0.1, 0.15) is 29.8 Å². The molecular weight excluding hydrogens is 340 g/mol. The lowest BCUT2D eigenvalue weighted by atomic mass is 9.97. The van der Waals surface area contributed by atoms with Gasteiger partial charge in [0.05, 0.1) is 5.69 Å². The lowest BCUT2D eigenvalue weighted by Gasteiger charge is -2.21. The van der Waals surface area contributed by atoms with Crippen LogP contribution in [0.1, 0.15) is 32.3 Å². The van der Waals surface area contributed by atoms with Gasteiger partial charge in [-0.15, -0.1) is 0 Å². The number of nitriles is 1. The predicted octanol–water partition coefficient (Wildman–Crippen LogP) is 3.37. The Morgan fingerprint density at radius 3 is 2.72 bits per heavy atom. The lowest BCUT2D eigenvalue weighted by Crippen LogP contribution is -2.18. The highest BCUT2D eigenvalue weighted by Crippen LogP contribution is 2.25. The van der Waals surface area contributed by atoms with Crippen LogP contribution in [0.2, 0.25) is 5.15 Å². The van der Waals surface area contributed by atoms with Gasteiger partial charge in [0.15, 0.2) is 0 Å². The van der Waals surface area contributed by atoms with Crippen molar-refractivity contribution in [1.29, 1.82) is 5.26 Å². The molecule has 0 unspecified atom stereocenters. The third kappa shape index (κ3) is 4.03. The van der Waals surface area contributed by atoms with Gasteiger partial charge in [-0.05, 0) is 11.5 Å². The second-order valence-corrected chi connectivity index (χ2v) is 7.22. The van der Waals surface area contributed by atoms with Crippen LogP contribution >= 0.6 is 11.6 Å². The molecule has 3 aromatic heterocycles. The van der Waals surface area contributed by atoms with Crippen molar-refractivity contribution in [3.63, 3.8) is 0 Å². The van der Waals surface area contributed by atoms with Gasteiger partial charge in [-0.3, -0.25) is 0 Å². The number of hydrogen-bond donors (Lipinski definition) is 0. The van der Waals surface area contributed by atoms with Crippen molar-refractivity contribution in [3.05, 3.63) is 41.3 Å². The quantitative estimate of drug-likeness (QED) is 0.666. The number of rotatable bonds is 4. The summed E-state index contributed by atoms with van der Waals surface area (Å²) in [5.74, 6) is 0.548. The van der Waals surface area contributed by atoms with Crippen molar-refractivity contribution < 1.29 is 4.74 Å². The highest BCUT2D eigenvalue weighted by molar-refractivity contribution is 6.29. The molecule has 3 rings (SSSR count). The zero-order chi connectivity index (χ0) is 18.0. The van der Waals surface area contributed by atoms with Crippen LogP contribution in [-0.4, -0.2) is 24.5 Å². The van der Waals surface area contributed by atoms with Gasteiger partial charge in [-0.2, -0.15) is 5.26 Å². The second-order valence-electron chi connectivity index (χ2n) is 6.83. The van der Waals surface area contributed by atoms with Gasteiger partial charge >= 0.3 is 0 Å². The first-order valence-corrected chi connectivity index (χ1v) is 8.09. The van der Waals surface area contributed by atoms with E-state index in [1.165, 1.54) is 6.33 Å². The largest absolute Gasteiger partial charge is 0.471 e. The van der Waals surface area contributed by atoms with Crippen LogP contribution in [0.4, 0.5) is 0 Å². The number of halogens is 1. The average molecular weight is 357 g/mol. The van der Waals surface area contributed by atoms with Crippen LogP contribution in [0.5, 0.6) is 5.88 Å². The molecule has 25 heavy (non-hydrogen) atoms. The SMILES string of the molecule is CC(C)(C)Cn1c(COc2cc(Cl)ncn2)cc2cnc(C#N)nc21. The van der Waals surface area contributed by atoms with E-state index in [0.717, 1.165) is 23.3 Å². The molecule has 3 aromatic rings. The van der Waals surface area contributed by atoms with E-state index in [1.807, 2.05) is 12.1 Å². The number of aromatic nitrogens is 5. The van der Waals surface area contributed by atoms with E-state index in [4.69, 9.17) is 21.6 Å². The molecule has 0 amide bonds. The molecule has 0 aliphatic carbocycles. The molecule has 0 aliphatic rings. The third-order valence-electron chi connectivity index (χ3n) is 3.43. The summed E-state index contributed by atoms with van der Waals surface area (Å²) in [6.45, 7) is 7.43. The van der Waals surface area contributed by atoms with Crippen LogP contribution in [0.15, 0.2) is 24.7 Å². The Balaban J connectivity index is 1.98. The first-order valence-electron chi connectivity index (χ1n) is 7.71. The van der Waals surface area contributed by atoms with Crippen molar-refractivity contribution in [2.24, 2.45) is 5.41 Å². The molecule has 7 nitrogen and oxygen atoms in total. The molecule has 0 bridgehead atoms. The van der Waals surface area contributed by atoms with Gasteiger partial charge in [-0.25, -0.2) is 19.9 Å². The zero-order valence-corrected chi connectivity index (χ0v) is 14.9. The molecule has 0 saturated heterocycles. The third-order valence-corrected chi connectivity index (χ3v) is 3.64. The summed E-state index contributed by atoms with van der Waals surface area (Å²) in [6.07, 6.45) is 3.01. The molecular formula is C17H17ClN6O. The minimum atomic E-state index is 0.0245. The van der Waals surface area contributed by atoms with Gasteiger partial charge in [0, 0.05) is 24.2 Å². The Labute approximate surface area is 150 Å². The zero-order valence-electron chi connectivity index (χ0n) is 14.2. The first-order chi connectivity index (χ1) is 11.9. The molecule has 0 saturated carbocycles. The fourth-order valence-corrected chi connectivity index (χ4v) is 2.60. The Hall–Kier alpha value is -2.72. The summed E-state index contributed by atoms with van der Waals surface area (Å²) < 4.78 is 7.80. The van der Waals surface area contributed by atoms with Crippen molar-refractivity contribution in [1.82, 2.24) is 24.5 Å². The van der Waals surface area contributed by atoms with Crippen LogP contribution in [0.3, 0.4) is 0 Å². The van der Waals surface area contributed by atoms with E-state index < -0.39 is 0 Å². The minimum absolute atomic E-state index is 0.0245. The Morgan fingerprint density at radius 2 is 2.04 bits per heavy atom. The van der Waals surface area contributed by atoms with Crippen LogP contribution in [-0.2, 0) is 13.2 Å². The molecule has 0 fully saturated rings. The van der Waals surface area contributed by atoms with Gasteiger partial charge in [0.25, 0.3) is 0 Å².